The van der Waals surface area contributed by atoms with Crippen molar-refractivity contribution in [3.63, 3.8) is 0 Å². The van der Waals surface area contributed by atoms with Gasteiger partial charge in [-0.05, 0) is 40.7 Å². The Hall–Kier alpha value is -1.58. The molecule has 2 atom stereocenters. The van der Waals surface area contributed by atoms with Gasteiger partial charge in [0.1, 0.15) is 10.6 Å². The van der Waals surface area contributed by atoms with Gasteiger partial charge >= 0.3 is 0 Å². The number of halogens is 3. The van der Waals surface area contributed by atoms with Crippen molar-refractivity contribution >= 4 is 28.2 Å². The highest BCUT2D eigenvalue weighted by molar-refractivity contribution is 7.90. The number of aryl methyl sites for hydroxylation is 1. The van der Waals surface area contributed by atoms with E-state index in [1.165, 1.54) is 12.1 Å². The molecule has 1 aromatic carbocycles. The lowest BCUT2D eigenvalue weighted by Crippen LogP contribution is -2.41. The third-order valence-corrected chi connectivity index (χ3v) is 6.69. The largest absolute Gasteiger partial charge is 0.598 e. The third-order valence-electron chi connectivity index (χ3n) is 5.01. The summed E-state index contributed by atoms with van der Waals surface area (Å²) in [5.74, 6) is -2.58. The Morgan fingerprint density at radius 2 is 1.83 bits per heavy atom. The number of alkyl halides is 2. The van der Waals surface area contributed by atoms with Crippen molar-refractivity contribution < 1.29 is 17.7 Å². The molecule has 1 aliphatic rings. The van der Waals surface area contributed by atoms with E-state index in [0.717, 1.165) is 0 Å². The molecule has 0 aliphatic carbocycles. The average Bonchev–Trinajstić information content (AvgIpc) is 2.60. The van der Waals surface area contributed by atoms with Crippen LogP contribution in [0.5, 0.6) is 0 Å². The number of benzene rings is 1. The van der Waals surface area contributed by atoms with Gasteiger partial charge in [0.2, 0.25) is 0 Å². The van der Waals surface area contributed by atoms with Gasteiger partial charge in [-0.15, -0.1) is 4.72 Å². The number of nitrogens with one attached hydrogen (secondary N) is 1. The molecule has 1 N–H and O–H groups in total. The first kappa shape index (κ1) is 22.1. The predicted molar refractivity (Wildman–Crippen MR) is 110 cm³/mol. The van der Waals surface area contributed by atoms with Crippen molar-refractivity contribution in [2.24, 2.45) is 0 Å². The number of rotatable bonds is 4. The van der Waals surface area contributed by atoms with Crippen LogP contribution in [0, 0.1) is 12.7 Å². The van der Waals surface area contributed by atoms with Crippen LogP contribution in [0.4, 0.5) is 19.0 Å². The third kappa shape index (κ3) is 4.95. The number of anilines is 1. The van der Waals surface area contributed by atoms with E-state index >= 15 is 0 Å². The molecule has 1 fully saturated rings. The lowest BCUT2D eigenvalue weighted by atomic mass is 10.1. The minimum Gasteiger partial charge on any atom is -0.598 e. The summed E-state index contributed by atoms with van der Waals surface area (Å²) >= 11 is -1.35. The zero-order valence-electron chi connectivity index (χ0n) is 17.4. The Bertz CT molecular complexity index is 893. The molecule has 9 heteroatoms. The molecule has 2 aromatic rings. The SMILES string of the molecule is Cc1nc2cc(F)cc([C@@H](C)N[S+]([O-])C(C)(C)C)c2nc1N1CCC(F)(F)CC1. The molecule has 160 valence electrons. The summed E-state index contributed by atoms with van der Waals surface area (Å²) in [6, 6.07) is 2.22. The molecule has 1 aromatic heterocycles. The van der Waals surface area contributed by atoms with Crippen LogP contribution in [0.3, 0.4) is 0 Å². The smallest absolute Gasteiger partial charge is 0.251 e. The Morgan fingerprint density at radius 3 is 2.41 bits per heavy atom. The van der Waals surface area contributed by atoms with Crippen LogP contribution in [-0.4, -0.2) is 38.3 Å². The van der Waals surface area contributed by atoms with Gasteiger partial charge in [-0.25, -0.2) is 23.1 Å². The summed E-state index contributed by atoms with van der Waals surface area (Å²) in [5.41, 5.74) is 1.97. The van der Waals surface area contributed by atoms with Crippen LogP contribution in [0.1, 0.15) is 57.8 Å². The fourth-order valence-corrected chi connectivity index (χ4v) is 4.11. The van der Waals surface area contributed by atoms with Crippen molar-refractivity contribution in [1.82, 2.24) is 14.7 Å². The minimum atomic E-state index is -2.65. The number of hydrogen-bond donors (Lipinski definition) is 1. The topological polar surface area (TPSA) is 64.1 Å². The van der Waals surface area contributed by atoms with E-state index in [0.29, 0.717) is 28.1 Å². The molecule has 29 heavy (non-hydrogen) atoms. The Kier molecular flexibility index (Phi) is 6.04. The Balaban J connectivity index is 2.00. The van der Waals surface area contributed by atoms with Crippen molar-refractivity contribution in [3.05, 3.63) is 29.2 Å². The van der Waals surface area contributed by atoms with Gasteiger partial charge in [0.15, 0.2) is 5.82 Å². The molecule has 1 unspecified atom stereocenters. The van der Waals surface area contributed by atoms with E-state index < -0.39 is 33.9 Å². The molecule has 0 radical (unpaired) electrons. The van der Waals surface area contributed by atoms with Gasteiger partial charge in [-0.3, -0.25) is 0 Å². The van der Waals surface area contributed by atoms with E-state index in [1.807, 2.05) is 20.8 Å². The zero-order chi connectivity index (χ0) is 21.6. The average molecular weight is 429 g/mol. The van der Waals surface area contributed by atoms with Gasteiger partial charge in [0.25, 0.3) is 5.92 Å². The standard InChI is InChI=1S/C20H27F3N4OS/c1-12(26-29(28)19(3,4)5)15-10-14(21)11-16-17(15)25-18(13(2)24-16)27-8-6-20(22,23)7-9-27/h10-12,26H,6-9H2,1-5H3/t12-,29?/m1/s1. The second-order valence-electron chi connectivity index (χ2n) is 8.56. The van der Waals surface area contributed by atoms with Crippen molar-refractivity contribution in [2.75, 3.05) is 18.0 Å². The number of nitrogens with zero attached hydrogens (tertiary/aromatic N) is 3. The molecule has 3 rings (SSSR count). The highest BCUT2D eigenvalue weighted by Crippen LogP contribution is 2.33. The van der Waals surface area contributed by atoms with E-state index in [2.05, 4.69) is 9.71 Å². The summed E-state index contributed by atoms with van der Waals surface area (Å²) in [7, 11) is 0. The quantitative estimate of drug-likeness (QED) is 0.730. The van der Waals surface area contributed by atoms with Crippen LogP contribution >= 0.6 is 0 Å². The summed E-state index contributed by atoms with van der Waals surface area (Å²) < 4.78 is 56.3. The molecular formula is C20H27F3N4OS. The summed E-state index contributed by atoms with van der Waals surface area (Å²) in [6.07, 6.45) is -0.462. The molecule has 0 spiro atoms. The van der Waals surface area contributed by atoms with Crippen LogP contribution < -0.4 is 9.62 Å². The summed E-state index contributed by atoms with van der Waals surface area (Å²) in [4.78, 5) is 11.0. The molecule has 5 nitrogen and oxygen atoms in total. The maximum absolute atomic E-state index is 14.2. The number of aromatic nitrogens is 2. The lowest BCUT2D eigenvalue weighted by Gasteiger charge is -2.33. The van der Waals surface area contributed by atoms with E-state index in [1.54, 1.807) is 18.7 Å². The van der Waals surface area contributed by atoms with Crippen molar-refractivity contribution in [2.45, 2.75) is 64.2 Å². The molecule has 0 bridgehead atoms. The molecule has 1 aliphatic heterocycles. The van der Waals surface area contributed by atoms with Gasteiger partial charge in [0.05, 0.1) is 22.8 Å². The Labute approximate surface area is 172 Å². The van der Waals surface area contributed by atoms with Crippen molar-refractivity contribution in [3.8, 4) is 0 Å². The highest BCUT2D eigenvalue weighted by atomic mass is 32.2. The lowest BCUT2D eigenvalue weighted by molar-refractivity contribution is -0.0221. The predicted octanol–water partition coefficient (Wildman–Crippen LogP) is 4.43. The summed E-state index contributed by atoms with van der Waals surface area (Å²) in [5, 5.41) is 0. The van der Waals surface area contributed by atoms with Gasteiger partial charge in [0, 0.05) is 48.9 Å². The maximum Gasteiger partial charge on any atom is 0.251 e. The number of piperidine rings is 1. The zero-order valence-corrected chi connectivity index (χ0v) is 18.2. The first-order valence-corrected chi connectivity index (χ1v) is 10.8. The first-order chi connectivity index (χ1) is 13.4. The highest BCUT2D eigenvalue weighted by Gasteiger charge is 2.35. The Morgan fingerprint density at radius 1 is 1.21 bits per heavy atom. The molecule has 0 saturated carbocycles. The van der Waals surface area contributed by atoms with Gasteiger partial charge in [-0.1, -0.05) is 0 Å². The van der Waals surface area contributed by atoms with Gasteiger partial charge < -0.3 is 9.45 Å². The molecular weight excluding hydrogens is 401 g/mol. The fourth-order valence-electron chi connectivity index (χ4n) is 3.31. The van der Waals surface area contributed by atoms with Crippen LogP contribution in [-0.2, 0) is 11.4 Å². The second-order valence-corrected chi connectivity index (χ2v) is 10.6. The normalized spacial score (nSPS) is 19.4. The maximum atomic E-state index is 14.2. The van der Waals surface area contributed by atoms with Gasteiger partial charge in [-0.2, -0.15) is 0 Å². The van der Waals surface area contributed by atoms with Crippen LogP contribution in [0.25, 0.3) is 11.0 Å². The second kappa shape index (κ2) is 7.92. The molecule has 0 amide bonds. The van der Waals surface area contributed by atoms with Crippen LogP contribution in [0.15, 0.2) is 12.1 Å². The molecule has 1 saturated heterocycles. The number of fused-ring (bicyclic) bond motifs is 1. The molecule has 2 heterocycles. The van der Waals surface area contributed by atoms with Crippen LogP contribution in [0.2, 0.25) is 0 Å². The first-order valence-electron chi connectivity index (χ1n) is 9.66. The van der Waals surface area contributed by atoms with E-state index in [9.17, 15) is 17.7 Å². The monoisotopic (exact) mass is 428 g/mol. The summed E-state index contributed by atoms with van der Waals surface area (Å²) in [6.45, 7) is 9.45. The van der Waals surface area contributed by atoms with Crippen molar-refractivity contribution in [1.29, 1.82) is 0 Å². The minimum absolute atomic E-state index is 0.187. The fraction of sp³-hybridized carbons (Fsp3) is 0.600. The van der Waals surface area contributed by atoms with E-state index in [-0.39, 0.29) is 25.9 Å². The van der Waals surface area contributed by atoms with E-state index in [4.69, 9.17) is 4.98 Å². The number of hydrogen-bond acceptors (Lipinski definition) is 5.